The number of aliphatic hydroxyl groups is 1. The lowest BCUT2D eigenvalue weighted by Gasteiger charge is -2.48. The van der Waals surface area contributed by atoms with Crippen molar-refractivity contribution in [1.82, 2.24) is 4.90 Å². The zero-order valence-corrected chi connectivity index (χ0v) is 14.6. The minimum Gasteiger partial charge on any atom is -0.433 e. The Labute approximate surface area is 149 Å². The van der Waals surface area contributed by atoms with Crippen molar-refractivity contribution in [3.05, 3.63) is 28.8 Å². The van der Waals surface area contributed by atoms with Crippen LogP contribution in [-0.4, -0.2) is 53.8 Å². The minimum absolute atomic E-state index is 0.0376. The van der Waals surface area contributed by atoms with Crippen LogP contribution in [-0.2, 0) is 4.79 Å². The average Bonchev–Trinajstić information content (AvgIpc) is 2.45. The standard InChI is InChI=1S/C17H19ClF2N2O3/c1-17(2,24)15(23)21-8-11(9-21)22-5-3-4-10-6-12(18)14(7-13(10)22)25-16(19)20/h3-4,6-7,11,16,24H,5,8-9H2,1-2H3. The molecule has 1 aromatic rings. The number of fused-ring (bicyclic) bond motifs is 1. The fourth-order valence-electron chi connectivity index (χ4n) is 3.07. The average molecular weight is 373 g/mol. The Morgan fingerprint density at radius 2 is 2.08 bits per heavy atom. The van der Waals surface area contributed by atoms with Crippen LogP contribution < -0.4 is 9.64 Å². The minimum atomic E-state index is -2.95. The number of benzene rings is 1. The van der Waals surface area contributed by atoms with E-state index in [1.165, 1.54) is 19.9 Å². The summed E-state index contributed by atoms with van der Waals surface area (Å²) in [4.78, 5) is 15.7. The summed E-state index contributed by atoms with van der Waals surface area (Å²) in [5, 5.41) is 9.93. The van der Waals surface area contributed by atoms with E-state index in [1.54, 1.807) is 11.0 Å². The summed E-state index contributed by atoms with van der Waals surface area (Å²) < 4.78 is 29.6. The molecule has 8 heteroatoms. The molecule has 3 rings (SSSR count). The van der Waals surface area contributed by atoms with Crippen LogP contribution in [0.1, 0.15) is 19.4 Å². The van der Waals surface area contributed by atoms with Crippen molar-refractivity contribution in [2.24, 2.45) is 0 Å². The van der Waals surface area contributed by atoms with Gasteiger partial charge in [-0.25, -0.2) is 0 Å². The highest BCUT2D eigenvalue weighted by molar-refractivity contribution is 6.32. The van der Waals surface area contributed by atoms with Crippen LogP contribution in [0.2, 0.25) is 5.02 Å². The lowest BCUT2D eigenvalue weighted by molar-refractivity contribution is -0.152. The van der Waals surface area contributed by atoms with Gasteiger partial charge in [-0.05, 0) is 25.5 Å². The number of hydrogen-bond acceptors (Lipinski definition) is 4. The Morgan fingerprint density at radius 1 is 1.40 bits per heavy atom. The summed E-state index contributed by atoms with van der Waals surface area (Å²) in [6.07, 6.45) is 3.83. The molecule has 0 saturated carbocycles. The third-order valence-corrected chi connectivity index (χ3v) is 4.62. The largest absolute Gasteiger partial charge is 0.433 e. The number of halogens is 3. The van der Waals surface area contributed by atoms with Crippen molar-refractivity contribution in [1.29, 1.82) is 0 Å². The van der Waals surface area contributed by atoms with Gasteiger partial charge in [-0.1, -0.05) is 23.8 Å². The fraction of sp³-hybridized carbons (Fsp3) is 0.471. The van der Waals surface area contributed by atoms with Gasteiger partial charge in [0.2, 0.25) is 0 Å². The Morgan fingerprint density at radius 3 is 2.68 bits per heavy atom. The number of anilines is 1. The zero-order valence-electron chi connectivity index (χ0n) is 13.9. The molecule has 0 unspecified atom stereocenters. The second-order valence-electron chi connectivity index (χ2n) is 6.70. The van der Waals surface area contributed by atoms with E-state index in [4.69, 9.17) is 11.6 Å². The SMILES string of the molecule is CC(C)(O)C(=O)N1CC(N2CC=Cc3cc(Cl)c(OC(F)F)cc32)C1. The number of amides is 1. The lowest BCUT2D eigenvalue weighted by atomic mass is 9.98. The molecule has 25 heavy (non-hydrogen) atoms. The summed E-state index contributed by atoms with van der Waals surface area (Å²) >= 11 is 6.00. The van der Waals surface area contributed by atoms with E-state index in [-0.39, 0.29) is 22.7 Å². The van der Waals surface area contributed by atoms with Crippen LogP contribution in [0.4, 0.5) is 14.5 Å². The van der Waals surface area contributed by atoms with Crippen molar-refractivity contribution >= 4 is 29.3 Å². The molecule has 0 bridgehead atoms. The molecule has 2 aliphatic rings. The predicted molar refractivity (Wildman–Crippen MR) is 91.1 cm³/mol. The van der Waals surface area contributed by atoms with E-state index in [2.05, 4.69) is 4.74 Å². The Hall–Kier alpha value is -1.86. The number of hydrogen-bond donors (Lipinski definition) is 1. The molecule has 1 aromatic carbocycles. The van der Waals surface area contributed by atoms with E-state index in [9.17, 15) is 18.7 Å². The van der Waals surface area contributed by atoms with Gasteiger partial charge < -0.3 is 19.6 Å². The molecule has 136 valence electrons. The van der Waals surface area contributed by atoms with Crippen molar-refractivity contribution in [3.8, 4) is 5.75 Å². The summed E-state index contributed by atoms with van der Waals surface area (Å²) in [5.74, 6) is -0.395. The third-order valence-electron chi connectivity index (χ3n) is 4.32. The summed E-state index contributed by atoms with van der Waals surface area (Å²) in [7, 11) is 0. The Kier molecular flexibility index (Phi) is 4.64. The molecule has 0 spiro atoms. The summed E-state index contributed by atoms with van der Waals surface area (Å²) in [6, 6.07) is 3.14. The van der Waals surface area contributed by atoms with Crippen molar-refractivity contribution in [2.75, 3.05) is 24.5 Å². The van der Waals surface area contributed by atoms with Gasteiger partial charge in [0.25, 0.3) is 5.91 Å². The van der Waals surface area contributed by atoms with Gasteiger partial charge in [0.15, 0.2) is 0 Å². The molecule has 2 heterocycles. The number of nitrogens with zero attached hydrogens (tertiary/aromatic N) is 2. The molecule has 0 atom stereocenters. The van der Waals surface area contributed by atoms with Crippen LogP contribution in [0, 0.1) is 0 Å². The molecule has 0 aromatic heterocycles. The lowest BCUT2D eigenvalue weighted by Crippen LogP contribution is -2.64. The number of ether oxygens (including phenoxy) is 1. The van der Waals surface area contributed by atoms with Crippen LogP contribution in [0.25, 0.3) is 6.08 Å². The normalized spacial score (nSPS) is 17.6. The second kappa shape index (κ2) is 6.46. The van der Waals surface area contributed by atoms with Crippen LogP contribution in [0.5, 0.6) is 5.75 Å². The van der Waals surface area contributed by atoms with Crippen LogP contribution in [0.15, 0.2) is 18.2 Å². The first kappa shape index (κ1) is 17.9. The van der Waals surface area contributed by atoms with Crippen molar-refractivity contribution in [3.63, 3.8) is 0 Å². The fourth-order valence-corrected chi connectivity index (χ4v) is 3.29. The van der Waals surface area contributed by atoms with E-state index < -0.39 is 12.2 Å². The van der Waals surface area contributed by atoms with Crippen molar-refractivity contribution < 1.29 is 23.4 Å². The smallest absolute Gasteiger partial charge is 0.387 e. The molecule has 0 radical (unpaired) electrons. The van der Waals surface area contributed by atoms with Gasteiger partial charge in [0, 0.05) is 31.4 Å². The van der Waals surface area contributed by atoms with Gasteiger partial charge in [-0.15, -0.1) is 0 Å². The number of likely N-dealkylation sites (tertiary alicyclic amines) is 1. The molecule has 1 fully saturated rings. The highest BCUT2D eigenvalue weighted by atomic mass is 35.5. The third kappa shape index (κ3) is 3.57. The summed E-state index contributed by atoms with van der Waals surface area (Å²) in [5.41, 5.74) is 0.143. The zero-order chi connectivity index (χ0) is 18.4. The molecule has 1 amide bonds. The molecule has 5 nitrogen and oxygen atoms in total. The van der Waals surface area contributed by atoms with Gasteiger partial charge in [-0.2, -0.15) is 8.78 Å². The first-order chi connectivity index (χ1) is 11.7. The quantitative estimate of drug-likeness (QED) is 0.883. The first-order valence-electron chi connectivity index (χ1n) is 7.90. The topological polar surface area (TPSA) is 53.0 Å². The highest BCUT2D eigenvalue weighted by Gasteiger charge is 2.40. The molecular formula is C17H19ClF2N2O3. The maximum Gasteiger partial charge on any atom is 0.387 e. The monoisotopic (exact) mass is 372 g/mol. The predicted octanol–water partition coefficient (Wildman–Crippen LogP) is 2.76. The molecular weight excluding hydrogens is 354 g/mol. The van der Waals surface area contributed by atoms with E-state index >= 15 is 0 Å². The molecule has 0 aliphatic carbocycles. The maximum atomic E-state index is 12.5. The van der Waals surface area contributed by atoms with E-state index in [0.29, 0.717) is 19.6 Å². The maximum absolute atomic E-state index is 12.5. The van der Waals surface area contributed by atoms with Gasteiger partial charge in [0.05, 0.1) is 11.1 Å². The Bertz CT molecular complexity index is 713. The Balaban J connectivity index is 1.78. The molecule has 1 saturated heterocycles. The van der Waals surface area contributed by atoms with Crippen LogP contribution in [0.3, 0.4) is 0 Å². The van der Waals surface area contributed by atoms with Gasteiger partial charge in [0.1, 0.15) is 11.4 Å². The van der Waals surface area contributed by atoms with E-state index in [1.807, 2.05) is 17.1 Å². The summed E-state index contributed by atoms with van der Waals surface area (Å²) in [6.45, 7) is 1.48. The number of rotatable bonds is 4. The van der Waals surface area contributed by atoms with Crippen LogP contribution >= 0.6 is 11.6 Å². The number of carbonyl (C=O) groups is 1. The highest BCUT2D eigenvalue weighted by Crippen LogP contribution is 2.38. The second-order valence-corrected chi connectivity index (χ2v) is 7.10. The first-order valence-corrected chi connectivity index (χ1v) is 8.28. The van der Waals surface area contributed by atoms with E-state index in [0.717, 1.165) is 11.3 Å². The van der Waals surface area contributed by atoms with Gasteiger partial charge >= 0.3 is 6.61 Å². The molecule has 2 aliphatic heterocycles. The molecule has 1 N–H and O–H groups in total. The number of carbonyl (C=O) groups excluding carboxylic acids is 1. The van der Waals surface area contributed by atoms with Gasteiger partial charge in [-0.3, -0.25) is 4.79 Å². The number of alkyl halides is 2. The van der Waals surface area contributed by atoms with Crippen molar-refractivity contribution in [2.45, 2.75) is 32.1 Å².